The molecule has 0 aromatic rings. The highest BCUT2D eigenvalue weighted by Gasteiger charge is 2.22. The van der Waals surface area contributed by atoms with Crippen molar-refractivity contribution >= 4 is 13.9 Å². The van der Waals surface area contributed by atoms with Crippen molar-refractivity contribution < 1.29 is 4.79 Å². The lowest BCUT2D eigenvalue weighted by atomic mass is 10.2. The van der Waals surface area contributed by atoms with Gasteiger partial charge in [0.2, 0.25) is 0 Å². The lowest BCUT2D eigenvalue weighted by Gasteiger charge is -2.15. The van der Waals surface area contributed by atoms with E-state index >= 15 is 0 Å². The molecule has 1 nitrogen and oxygen atoms in total. The summed E-state index contributed by atoms with van der Waals surface area (Å²) in [6.07, 6.45) is 3.87. The fraction of sp³-hybridized carbons (Fsp3) is 0.667. The van der Waals surface area contributed by atoms with Crippen LogP contribution in [0.3, 0.4) is 0 Å². The van der Waals surface area contributed by atoms with Crippen LogP contribution in [0.5, 0.6) is 0 Å². The molecule has 1 rings (SSSR count). The maximum Gasteiger partial charge on any atom is 0.158 e. The van der Waals surface area contributed by atoms with Crippen LogP contribution < -0.4 is 0 Å². The van der Waals surface area contributed by atoms with Gasteiger partial charge in [-0.25, -0.2) is 0 Å². The Balaban J connectivity index is 2.56. The highest BCUT2D eigenvalue weighted by atomic mass is 28.3. The Labute approximate surface area is 69.5 Å². The number of ketones is 1. The molecular formula is C9H16OSi. The predicted molar refractivity (Wildman–Crippen MR) is 50.5 cm³/mol. The summed E-state index contributed by atoms with van der Waals surface area (Å²) < 4.78 is 0. The van der Waals surface area contributed by atoms with E-state index in [1.165, 1.54) is 0 Å². The standard InChI is InChI=1S/C9H16OSi/c1-11(2,3)7-8-5-4-6-9(8)10/h5H,4,6-7H2,1-3H3. The van der Waals surface area contributed by atoms with Crippen LogP contribution >= 0.6 is 0 Å². The van der Waals surface area contributed by atoms with Gasteiger partial charge in [0.15, 0.2) is 5.78 Å². The molecule has 0 aliphatic heterocycles. The summed E-state index contributed by atoms with van der Waals surface area (Å²) in [6, 6.07) is 1.08. The molecule has 0 aromatic carbocycles. The van der Waals surface area contributed by atoms with Gasteiger partial charge >= 0.3 is 0 Å². The maximum absolute atomic E-state index is 11.2. The monoisotopic (exact) mass is 168 g/mol. The molecule has 11 heavy (non-hydrogen) atoms. The van der Waals surface area contributed by atoms with E-state index in [0.717, 1.165) is 24.5 Å². The summed E-state index contributed by atoms with van der Waals surface area (Å²) in [5.41, 5.74) is 1.11. The van der Waals surface area contributed by atoms with E-state index in [9.17, 15) is 4.79 Å². The zero-order valence-corrected chi connectivity index (χ0v) is 8.61. The molecule has 0 spiro atoms. The third-order valence-corrected chi connectivity index (χ3v) is 3.28. The molecule has 0 bridgehead atoms. The first-order valence-electron chi connectivity index (χ1n) is 4.21. The molecule has 0 unspecified atom stereocenters. The van der Waals surface area contributed by atoms with Crippen LogP contribution in [0.25, 0.3) is 0 Å². The van der Waals surface area contributed by atoms with E-state index in [2.05, 4.69) is 25.7 Å². The maximum atomic E-state index is 11.2. The van der Waals surface area contributed by atoms with Crippen LogP contribution in [-0.4, -0.2) is 13.9 Å². The molecule has 1 aliphatic rings. The molecule has 0 radical (unpaired) electrons. The van der Waals surface area contributed by atoms with E-state index in [1.807, 2.05) is 0 Å². The average molecular weight is 168 g/mol. The molecule has 0 saturated carbocycles. The second-order valence-corrected chi connectivity index (χ2v) is 9.90. The Morgan fingerprint density at radius 1 is 1.45 bits per heavy atom. The van der Waals surface area contributed by atoms with Crippen LogP contribution in [0.4, 0.5) is 0 Å². The van der Waals surface area contributed by atoms with Crippen LogP contribution in [0, 0.1) is 0 Å². The largest absolute Gasteiger partial charge is 0.295 e. The van der Waals surface area contributed by atoms with Crippen molar-refractivity contribution in [3.8, 4) is 0 Å². The van der Waals surface area contributed by atoms with E-state index in [1.54, 1.807) is 0 Å². The summed E-state index contributed by atoms with van der Waals surface area (Å²) >= 11 is 0. The normalized spacial score (nSPS) is 18.8. The van der Waals surface area contributed by atoms with Gasteiger partial charge in [-0.3, -0.25) is 4.79 Å². The quantitative estimate of drug-likeness (QED) is 0.579. The van der Waals surface area contributed by atoms with E-state index in [4.69, 9.17) is 0 Å². The minimum atomic E-state index is -1.05. The van der Waals surface area contributed by atoms with Gasteiger partial charge in [0.05, 0.1) is 0 Å². The number of carbonyl (C=O) groups excluding carboxylic acids is 1. The number of carbonyl (C=O) groups is 1. The minimum absolute atomic E-state index is 0.396. The summed E-state index contributed by atoms with van der Waals surface area (Å²) in [5, 5.41) is 0. The zero-order chi connectivity index (χ0) is 8.48. The van der Waals surface area contributed by atoms with Crippen LogP contribution in [0.15, 0.2) is 11.6 Å². The summed E-state index contributed by atoms with van der Waals surface area (Å²) in [5.74, 6) is 0.396. The fourth-order valence-electron chi connectivity index (χ4n) is 1.39. The summed E-state index contributed by atoms with van der Waals surface area (Å²) in [7, 11) is -1.05. The predicted octanol–water partition coefficient (Wildman–Crippen LogP) is 2.61. The van der Waals surface area contributed by atoms with Crippen molar-refractivity contribution in [2.45, 2.75) is 38.5 Å². The first kappa shape index (κ1) is 8.72. The van der Waals surface area contributed by atoms with Crippen molar-refractivity contribution in [1.82, 2.24) is 0 Å². The fourth-order valence-corrected chi connectivity index (χ4v) is 2.88. The molecule has 0 heterocycles. The Kier molecular flexibility index (Phi) is 2.33. The molecule has 0 fully saturated rings. The molecule has 2 heteroatoms. The molecule has 62 valence electrons. The lowest BCUT2D eigenvalue weighted by molar-refractivity contribution is -0.114. The number of hydrogen-bond donors (Lipinski definition) is 0. The van der Waals surface area contributed by atoms with E-state index in [-0.39, 0.29) is 0 Å². The van der Waals surface area contributed by atoms with Gasteiger partial charge in [0.1, 0.15) is 0 Å². The van der Waals surface area contributed by atoms with Gasteiger partial charge in [-0.2, -0.15) is 0 Å². The number of rotatable bonds is 2. The molecule has 0 N–H and O–H groups in total. The Hall–Kier alpha value is -0.373. The average Bonchev–Trinajstić information content (AvgIpc) is 2.12. The molecule has 0 amide bonds. The van der Waals surface area contributed by atoms with Crippen LogP contribution in [0.2, 0.25) is 25.7 Å². The topological polar surface area (TPSA) is 17.1 Å². The second kappa shape index (κ2) is 2.93. The van der Waals surface area contributed by atoms with Crippen molar-refractivity contribution in [1.29, 1.82) is 0 Å². The van der Waals surface area contributed by atoms with Gasteiger partial charge in [0.25, 0.3) is 0 Å². The minimum Gasteiger partial charge on any atom is -0.295 e. The number of allylic oxidation sites excluding steroid dienone is 2. The smallest absolute Gasteiger partial charge is 0.158 e. The molecule has 0 saturated heterocycles. The van der Waals surface area contributed by atoms with Gasteiger partial charge in [0, 0.05) is 14.5 Å². The Morgan fingerprint density at radius 3 is 2.45 bits per heavy atom. The summed E-state index contributed by atoms with van der Waals surface area (Å²) in [6.45, 7) is 6.91. The second-order valence-electron chi connectivity index (χ2n) is 4.43. The lowest BCUT2D eigenvalue weighted by Crippen LogP contribution is -2.21. The molecule has 1 aliphatic carbocycles. The highest BCUT2D eigenvalue weighted by molar-refractivity contribution is 6.77. The highest BCUT2D eigenvalue weighted by Crippen LogP contribution is 2.23. The third-order valence-electron chi connectivity index (χ3n) is 1.84. The molecule has 0 atom stereocenters. The van der Waals surface area contributed by atoms with Crippen molar-refractivity contribution in [2.75, 3.05) is 0 Å². The number of hydrogen-bond acceptors (Lipinski definition) is 1. The van der Waals surface area contributed by atoms with Gasteiger partial charge in [-0.05, 0) is 18.0 Å². The van der Waals surface area contributed by atoms with E-state index in [0.29, 0.717) is 5.78 Å². The van der Waals surface area contributed by atoms with Gasteiger partial charge in [-0.1, -0.05) is 25.7 Å². The first-order chi connectivity index (χ1) is 4.99. The third kappa shape index (κ3) is 2.62. The van der Waals surface area contributed by atoms with E-state index < -0.39 is 8.07 Å². The van der Waals surface area contributed by atoms with Crippen LogP contribution in [0.1, 0.15) is 12.8 Å². The van der Waals surface area contributed by atoms with Gasteiger partial charge in [-0.15, -0.1) is 0 Å². The van der Waals surface area contributed by atoms with Crippen molar-refractivity contribution in [3.05, 3.63) is 11.6 Å². The zero-order valence-electron chi connectivity index (χ0n) is 7.61. The van der Waals surface area contributed by atoms with Crippen molar-refractivity contribution in [2.24, 2.45) is 0 Å². The number of Topliss-reactive ketones (excluding diaryl/α,β-unsaturated/α-hetero) is 1. The van der Waals surface area contributed by atoms with Crippen molar-refractivity contribution in [3.63, 3.8) is 0 Å². The Bertz CT molecular complexity index is 198. The summed E-state index contributed by atoms with van der Waals surface area (Å²) in [4.78, 5) is 11.2. The van der Waals surface area contributed by atoms with Crippen LogP contribution in [-0.2, 0) is 4.79 Å². The molecular weight excluding hydrogens is 152 g/mol. The SMILES string of the molecule is C[Si](C)(C)CC1=CCCC1=O. The molecule has 0 aromatic heterocycles. The Morgan fingerprint density at radius 2 is 2.09 bits per heavy atom. The first-order valence-corrected chi connectivity index (χ1v) is 7.92. The van der Waals surface area contributed by atoms with Gasteiger partial charge < -0.3 is 0 Å².